The number of rotatable bonds is 5. The molecule has 0 unspecified atom stereocenters. The number of nitrogens with one attached hydrogen (secondary N) is 2. The molecule has 5 nitrogen and oxygen atoms in total. The van der Waals surface area contributed by atoms with Crippen molar-refractivity contribution >= 4 is 29.1 Å². The van der Waals surface area contributed by atoms with Gasteiger partial charge in [0.15, 0.2) is 0 Å². The topological polar surface area (TPSA) is 70.6 Å². The maximum atomic E-state index is 12.6. The monoisotopic (exact) mass is 387 g/mol. The van der Waals surface area contributed by atoms with E-state index in [0.717, 1.165) is 37.0 Å². The summed E-state index contributed by atoms with van der Waals surface area (Å²) >= 11 is 5.90. The summed E-state index contributed by atoms with van der Waals surface area (Å²) < 4.78 is 0. The highest BCUT2D eigenvalue weighted by atomic mass is 35.5. The third kappa shape index (κ3) is 4.18. The summed E-state index contributed by atoms with van der Waals surface area (Å²) in [5.74, 6) is 2.06. The van der Waals surface area contributed by atoms with Gasteiger partial charge in [-0.25, -0.2) is 5.43 Å². The van der Waals surface area contributed by atoms with Gasteiger partial charge in [-0.3, -0.25) is 9.59 Å². The van der Waals surface area contributed by atoms with Crippen molar-refractivity contribution in [3.05, 3.63) is 34.9 Å². The Morgan fingerprint density at radius 1 is 1.15 bits per heavy atom. The number of carbonyl (C=O) groups excluding carboxylic acids is 2. The molecule has 0 atom stereocenters. The van der Waals surface area contributed by atoms with Crippen molar-refractivity contribution < 1.29 is 9.59 Å². The van der Waals surface area contributed by atoms with Crippen molar-refractivity contribution in [1.82, 2.24) is 10.7 Å². The number of halogens is 1. The van der Waals surface area contributed by atoms with Crippen LogP contribution in [0.4, 0.5) is 0 Å². The lowest BCUT2D eigenvalue weighted by atomic mass is 9.53. The number of hydrogen-bond donors (Lipinski definition) is 2. The number of nitrogens with zero attached hydrogens (tertiary/aromatic N) is 1. The Kier molecular flexibility index (Phi) is 4.97. The van der Waals surface area contributed by atoms with Crippen LogP contribution in [0.1, 0.15) is 62.2 Å². The molecular formula is C21H26ClN3O2. The van der Waals surface area contributed by atoms with E-state index in [2.05, 4.69) is 15.8 Å². The molecule has 1 aromatic rings. The van der Waals surface area contributed by atoms with Gasteiger partial charge in [-0.2, -0.15) is 5.10 Å². The zero-order chi connectivity index (χ0) is 19.0. The quantitative estimate of drug-likeness (QED) is 0.593. The van der Waals surface area contributed by atoms with Crippen molar-refractivity contribution in [1.29, 1.82) is 0 Å². The minimum atomic E-state index is -0.335. The first kappa shape index (κ1) is 18.5. The molecule has 2 N–H and O–H groups in total. The van der Waals surface area contributed by atoms with E-state index in [1.165, 1.54) is 19.3 Å². The summed E-state index contributed by atoms with van der Waals surface area (Å²) in [6, 6.07) is 6.68. The highest BCUT2D eigenvalue weighted by molar-refractivity contribution is 6.30. The Labute approximate surface area is 164 Å². The van der Waals surface area contributed by atoms with Crippen molar-refractivity contribution in [2.45, 2.75) is 57.4 Å². The molecule has 27 heavy (non-hydrogen) atoms. The average molecular weight is 388 g/mol. The Morgan fingerprint density at radius 2 is 1.78 bits per heavy atom. The van der Waals surface area contributed by atoms with Gasteiger partial charge in [0, 0.05) is 21.8 Å². The van der Waals surface area contributed by atoms with Gasteiger partial charge in [-0.05, 0) is 81.4 Å². The van der Waals surface area contributed by atoms with Crippen LogP contribution in [-0.2, 0) is 4.79 Å². The smallest absolute Gasteiger partial charge is 0.271 e. The van der Waals surface area contributed by atoms with E-state index in [1.807, 2.05) is 0 Å². The van der Waals surface area contributed by atoms with Gasteiger partial charge in [0.05, 0.1) is 6.42 Å². The zero-order valence-corrected chi connectivity index (χ0v) is 16.4. The first-order chi connectivity index (χ1) is 12.9. The van der Waals surface area contributed by atoms with E-state index in [9.17, 15) is 9.59 Å². The Balaban J connectivity index is 1.31. The predicted molar refractivity (Wildman–Crippen MR) is 106 cm³/mol. The molecule has 0 aromatic heterocycles. The average Bonchev–Trinajstić information content (AvgIpc) is 2.57. The highest BCUT2D eigenvalue weighted by Crippen LogP contribution is 2.55. The molecule has 1 aromatic carbocycles. The van der Waals surface area contributed by atoms with Gasteiger partial charge in [0.25, 0.3) is 5.91 Å². The summed E-state index contributed by atoms with van der Waals surface area (Å²) in [7, 11) is 0. The summed E-state index contributed by atoms with van der Waals surface area (Å²) in [6.07, 6.45) is 7.66. The van der Waals surface area contributed by atoms with Crippen LogP contribution in [0.2, 0.25) is 5.02 Å². The molecule has 0 aliphatic heterocycles. The summed E-state index contributed by atoms with van der Waals surface area (Å²) in [6.45, 7) is 1.76. The first-order valence-corrected chi connectivity index (χ1v) is 10.2. The lowest BCUT2D eigenvalue weighted by Crippen LogP contribution is -2.60. The molecule has 0 spiro atoms. The number of carbonyl (C=O) groups is 2. The summed E-state index contributed by atoms with van der Waals surface area (Å²) in [5, 5.41) is 7.91. The molecule has 144 valence electrons. The largest absolute Gasteiger partial charge is 0.350 e. The number of amides is 2. The lowest BCUT2D eigenvalue weighted by molar-refractivity contribution is -0.125. The second kappa shape index (κ2) is 7.27. The van der Waals surface area contributed by atoms with Gasteiger partial charge >= 0.3 is 0 Å². The molecule has 5 rings (SSSR count). The standard InChI is InChI=1S/C21H26ClN3O2/c1-13(24-25-20(27)17-3-2-4-18(22)9-17)5-19(26)23-21-10-14-6-15(11-21)8-16(7-14)12-21/h2-4,9,14-16H,5-8,10-12H2,1H3,(H,23,26)(H,25,27). The molecule has 0 saturated heterocycles. The van der Waals surface area contributed by atoms with Crippen LogP contribution in [0, 0.1) is 17.8 Å². The van der Waals surface area contributed by atoms with Gasteiger partial charge in [0.2, 0.25) is 5.91 Å². The van der Waals surface area contributed by atoms with Crippen LogP contribution in [-0.4, -0.2) is 23.1 Å². The van der Waals surface area contributed by atoms with Gasteiger partial charge in [-0.15, -0.1) is 0 Å². The second-order valence-corrected chi connectivity index (χ2v) is 9.16. The molecule has 4 aliphatic carbocycles. The molecule has 2 amide bonds. The number of benzene rings is 1. The minimum Gasteiger partial charge on any atom is -0.350 e. The Bertz CT molecular complexity index is 754. The van der Waals surface area contributed by atoms with Crippen molar-refractivity contribution in [2.75, 3.05) is 0 Å². The first-order valence-electron chi connectivity index (χ1n) is 9.81. The molecule has 4 aliphatic rings. The fourth-order valence-electron chi connectivity index (χ4n) is 5.72. The van der Waals surface area contributed by atoms with E-state index >= 15 is 0 Å². The molecule has 4 bridgehead atoms. The third-order valence-electron chi connectivity index (χ3n) is 6.29. The lowest BCUT2D eigenvalue weighted by Gasteiger charge is -2.56. The van der Waals surface area contributed by atoms with Crippen molar-refractivity contribution in [2.24, 2.45) is 22.9 Å². The number of hydrazone groups is 1. The molecular weight excluding hydrogens is 362 g/mol. The fraction of sp³-hybridized carbons (Fsp3) is 0.571. The van der Waals surface area contributed by atoms with Crippen LogP contribution < -0.4 is 10.7 Å². The van der Waals surface area contributed by atoms with Gasteiger partial charge in [0.1, 0.15) is 0 Å². The van der Waals surface area contributed by atoms with Crippen LogP contribution >= 0.6 is 11.6 Å². The normalized spacial score (nSPS) is 31.6. The zero-order valence-electron chi connectivity index (χ0n) is 15.6. The Morgan fingerprint density at radius 3 is 2.37 bits per heavy atom. The minimum absolute atomic E-state index is 0.00945. The maximum absolute atomic E-state index is 12.6. The SMILES string of the molecule is CC(CC(=O)NC12CC3CC(CC(C3)C1)C2)=NNC(=O)c1cccc(Cl)c1. The molecule has 0 heterocycles. The Hall–Kier alpha value is -1.88. The van der Waals surface area contributed by atoms with Crippen LogP contribution in [0.5, 0.6) is 0 Å². The van der Waals surface area contributed by atoms with Crippen LogP contribution in [0.25, 0.3) is 0 Å². The van der Waals surface area contributed by atoms with E-state index in [1.54, 1.807) is 31.2 Å². The highest BCUT2D eigenvalue weighted by Gasteiger charge is 2.51. The predicted octanol–water partition coefficient (Wildman–Crippen LogP) is 3.92. The maximum Gasteiger partial charge on any atom is 0.271 e. The van der Waals surface area contributed by atoms with E-state index in [-0.39, 0.29) is 23.8 Å². The summed E-state index contributed by atoms with van der Waals surface area (Å²) in [4.78, 5) is 24.7. The van der Waals surface area contributed by atoms with Gasteiger partial charge < -0.3 is 5.32 Å². The molecule has 0 radical (unpaired) electrons. The van der Waals surface area contributed by atoms with Gasteiger partial charge in [-0.1, -0.05) is 17.7 Å². The molecule has 4 saturated carbocycles. The van der Waals surface area contributed by atoms with Crippen molar-refractivity contribution in [3.63, 3.8) is 0 Å². The fourth-order valence-corrected chi connectivity index (χ4v) is 5.91. The van der Waals surface area contributed by atoms with Crippen LogP contribution in [0.3, 0.4) is 0 Å². The van der Waals surface area contributed by atoms with E-state index in [4.69, 9.17) is 11.6 Å². The van der Waals surface area contributed by atoms with Crippen molar-refractivity contribution in [3.8, 4) is 0 Å². The second-order valence-electron chi connectivity index (χ2n) is 8.72. The number of hydrogen-bond acceptors (Lipinski definition) is 3. The molecule has 6 heteroatoms. The van der Waals surface area contributed by atoms with E-state index < -0.39 is 0 Å². The molecule has 4 fully saturated rings. The third-order valence-corrected chi connectivity index (χ3v) is 6.53. The van der Waals surface area contributed by atoms with E-state index in [0.29, 0.717) is 16.3 Å². The summed E-state index contributed by atoms with van der Waals surface area (Å²) in [5.41, 5.74) is 3.54. The van der Waals surface area contributed by atoms with Crippen LogP contribution in [0.15, 0.2) is 29.4 Å².